The largest absolute Gasteiger partial charge is 0.342 e. The number of hydrogen-bond donors (Lipinski definition) is 2. The number of hydrazine groups is 1. The van der Waals surface area contributed by atoms with Crippen LogP contribution in [0.3, 0.4) is 0 Å². The standard InChI is InChI=1S/C15H22N4O2/c1-10-5-6-12(17-16)11(9-10)13(20)19-8-7-18(4)14(21)15(19,2)3/h5-6,9,17H,7-8,16H2,1-4H3. The molecule has 6 heteroatoms. The normalized spacial score (nSPS) is 17.9. The van der Waals surface area contributed by atoms with Crippen molar-refractivity contribution in [1.82, 2.24) is 9.80 Å². The molecule has 0 atom stereocenters. The summed E-state index contributed by atoms with van der Waals surface area (Å²) in [5.74, 6) is 5.25. The Hall–Kier alpha value is -2.08. The molecular weight excluding hydrogens is 268 g/mol. The molecule has 1 aromatic carbocycles. The lowest BCUT2D eigenvalue weighted by Crippen LogP contribution is -2.63. The van der Waals surface area contributed by atoms with Crippen LogP contribution in [0.4, 0.5) is 5.69 Å². The van der Waals surface area contributed by atoms with Gasteiger partial charge in [-0.2, -0.15) is 0 Å². The Morgan fingerprint density at radius 3 is 2.62 bits per heavy atom. The molecule has 0 unspecified atom stereocenters. The minimum atomic E-state index is -0.861. The second-order valence-electron chi connectivity index (χ2n) is 5.94. The highest BCUT2D eigenvalue weighted by molar-refractivity contribution is 6.03. The Bertz CT molecular complexity index is 583. The summed E-state index contributed by atoms with van der Waals surface area (Å²) in [5.41, 5.74) is 3.71. The van der Waals surface area contributed by atoms with Crippen LogP contribution in [0, 0.1) is 6.92 Å². The lowest BCUT2D eigenvalue weighted by atomic mass is 9.96. The average Bonchev–Trinajstić information content (AvgIpc) is 2.44. The number of anilines is 1. The summed E-state index contributed by atoms with van der Waals surface area (Å²) in [6.07, 6.45) is 0. The van der Waals surface area contributed by atoms with E-state index in [9.17, 15) is 9.59 Å². The van der Waals surface area contributed by atoms with E-state index < -0.39 is 5.54 Å². The summed E-state index contributed by atoms with van der Waals surface area (Å²) >= 11 is 0. The molecule has 114 valence electrons. The fourth-order valence-corrected chi connectivity index (χ4v) is 2.68. The summed E-state index contributed by atoms with van der Waals surface area (Å²) in [4.78, 5) is 28.4. The number of piperazine rings is 1. The summed E-state index contributed by atoms with van der Waals surface area (Å²) in [6.45, 7) is 6.50. The highest BCUT2D eigenvalue weighted by Gasteiger charge is 2.43. The second-order valence-corrected chi connectivity index (χ2v) is 5.94. The molecule has 1 heterocycles. The van der Waals surface area contributed by atoms with E-state index in [1.165, 1.54) is 0 Å². The zero-order valence-electron chi connectivity index (χ0n) is 12.9. The zero-order chi connectivity index (χ0) is 15.8. The smallest absolute Gasteiger partial charge is 0.256 e. The molecule has 0 saturated carbocycles. The van der Waals surface area contributed by atoms with Crippen molar-refractivity contribution in [2.24, 2.45) is 5.84 Å². The summed E-state index contributed by atoms with van der Waals surface area (Å²) in [6, 6.07) is 5.44. The molecule has 1 aromatic rings. The number of carbonyl (C=O) groups is 2. The first-order valence-electron chi connectivity index (χ1n) is 6.94. The van der Waals surface area contributed by atoms with Gasteiger partial charge in [0.15, 0.2) is 0 Å². The highest BCUT2D eigenvalue weighted by Crippen LogP contribution is 2.26. The quantitative estimate of drug-likeness (QED) is 0.628. The van der Waals surface area contributed by atoms with Gasteiger partial charge < -0.3 is 15.2 Å². The zero-order valence-corrected chi connectivity index (χ0v) is 12.9. The van der Waals surface area contributed by atoms with Crippen LogP contribution in [-0.2, 0) is 4.79 Å². The van der Waals surface area contributed by atoms with Crippen LogP contribution in [0.2, 0.25) is 0 Å². The molecule has 1 saturated heterocycles. The van der Waals surface area contributed by atoms with Crippen molar-refractivity contribution in [3.63, 3.8) is 0 Å². The molecule has 0 spiro atoms. The molecule has 1 aliphatic rings. The van der Waals surface area contributed by atoms with Gasteiger partial charge in [0.1, 0.15) is 5.54 Å². The number of rotatable bonds is 2. The van der Waals surface area contributed by atoms with Crippen LogP contribution < -0.4 is 11.3 Å². The maximum atomic E-state index is 12.9. The van der Waals surface area contributed by atoms with E-state index in [-0.39, 0.29) is 11.8 Å². The summed E-state index contributed by atoms with van der Waals surface area (Å²) in [5, 5.41) is 0. The molecule has 21 heavy (non-hydrogen) atoms. The van der Waals surface area contributed by atoms with Crippen LogP contribution in [0.1, 0.15) is 29.8 Å². The van der Waals surface area contributed by atoms with Gasteiger partial charge in [0, 0.05) is 20.1 Å². The number of amides is 2. The fourth-order valence-electron chi connectivity index (χ4n) is 2.68. The molecule has 3 N–H and O–H groups in total. The molecule has 1 aliphatic heterocycles. The van der Waals surface area contributed by atoms with Crippen molar-refractivity contribution in [2.75, 3.05) is 25.6 Å². The molecule has 1 fully saturated rings. The number of nitrogen functional groups attached to an aromatic ring is 1. The predicted octanol–water partition coefficient (Wildman–Crippen LogP) is 0.973. The van der Waals surface area contributed by atoms with Crippen LogP contribution in [-0.4, -0.2) is 47.3 Å². The first kappa shape index (κ1) is 15.3. The molecule has 2 rings (SSSR count). The van der Waals surface area contributed by atoms with Crippen molar-refractivity contribution in [3.8, 4) is 0 Å². The fraction of sp³-hybridized carbons (Fsp3) is 0.467. The SMILES string of the molecule is Cc1ccc(NN)c(C(=O)N2CCN(C)C(=O)C2(C)C)c1. The summed E-state index contributed by atoms with van der Waals surface area (Å²) in [7, 11) is 1.76. The van der Waals surface area contributed by atoms with Crippen molar-refractivity contribution in [3.05, 3.63) is 29.3 Å². The van der Waals surface area contributed by atoms with Gasteiger partial charge in [-0.15, -0.1) is 0 Å². The average molecular weight is 290 g/mol. The van der Waals surface area contributed by atoms with Gasteiger partial charge in [-0.1, -0.05) is 11.6 Å². The van der Waals surface area contributed by atoms with E-state index >= 15 is 0 Å². The Morgan fingerprint density at radius 2 is 2.00 bits per heavy atom. The third kappa shape index (κ3) is 2.58. The van der Waals surface area contributed by atoms with E-state index in [1.54, 1.807) is 42.8 Å². The van der Waals surface area contributed by atoms with Crippen LogP contribution in [0.25, 0.3) is 0 Å². The first-order valence-corrected chi connectivity index (χ1v) is 6.94. The minimum Gasteiger partial charge on any atom is -0.342 e. The van der Waals surface area contributed by atoms with Gasteiger partial charge in [0.25, 0.3) is 5.91 Å². The van der Waals surface area contributed by atoms with Gasteiger partial charge in [0.2, 0.25) is 5.91 Å². The number of hydrogen-bond acceptors (Lipinski definition) is 4. The van der Waals surface area contributed by atoms with Gasteiger partial charge in [-0.3, -0.25) is 15.4 Å². The second kappa shape index (κ2) is 5.37. The van der Waals surface area contributed by atoms with E-state index in [0.717, 1.165) is 5.56 Å². The number of nitrogens with zero attached hydrogens (tertiary/aromatic N) is 2. The number of aryl methyl sites for hydroxylation is 1. The van der Waals surface area contributed by atoms with Gasteiger partial charge in [0.05, 0.1) is 11.3 Å². The highest BCUT2D eigenvalue weighted by atomic mass is 16.2. The maximum Gasteiger partial charge on any atom is 0.256 e. The lowest BCUT2D eigenvalue weighted by molar-refractivity contribution is -0.144. The third-order valence-electron chi connectivity index (χ3n) is 4.01. The number of nitrogens with two attached hydrogens (primary N) is 1. The minimum absolute atomic E-state index is 0.0583. The topological polar surface area (TPSA) is 78.7 Å². The van der Waals surface area contributed by atoms with Crippen molar-refractivity contribution in [1.29, 1.82) is 0 Å². The van der Waals surface area contributed by atoms with E-state index in [1.807, 2.05) is 13.0 Å². The molecule has 0 radical (unpaired) electrons. The monoisotopic (exact) mass is 290 g/mol. The maximum absolute atomic E-state index is 12.9. The molecule has 6 nitrogen and oxygen atoms in total. The Morgan fingerprint density at radius 1 is 1.33 bits per heavy atom. The lowest BCUT2D eigenvalue weighted by Gasteiger charge is -2.44. The van der Waals surface area contributed by atoms with Crippen molar-refractivity contribution < 1.29 is 9.59 Å². The van der Waals surface area contributed by atoms with Crippen LogP contribution in [0.15, 0.2) is 18.2 Å². The number of benzene rings is 1. The van der Waals surface area contributed by atoms with Gasteiger partial charge in [-0.25, -0.2) is 0 Å². The van der Waals surface area contributed by atoms with Crippen molar-refractivity contribution >= 4 is 17.5 Å². The summed E-state index contributed by atoms with van der Waals surface area (Å²) < 4.78 is 0. The van der Waals surface area contributed by atoms with Crippen molar-refractivity contribution in [2.45, 2.75) is 26.3 Å². The molecule has 0 aliphatic carbocycles. The molecule has 0 bridgehead atoms. The van der Waals surface area contributed by atoms with Gasteiger partial charge in [-0.05, 0) is 32.9 Å². The van der Waals surface area contributed by atoms with Gasteiger partial charge >= 0.3 is 0 Å². The van der Waals surface area contributed by atoms with E-state index in [0.29, 0.717) is 24.3 Å². The van der Waals surface area contributed by atoms with Crippen LogP contribution in [0.5, 0.6) is 0 Å². The number of likely N-dealkylation sites (N-methyl/N-ethyl adjacent to an activating group) is 1. The van der Waals surface area contributed by atoms with E-state index in [4.69, 9.17) is 5.84 Å². The molecule has 0 aromatic heterocycles. The number of nitrogens with one attached hydrogen (secondary N) is 1. The Labute approximate surface area is 124 Å². The van der Waals surface area contributed by atoms with Crippen LogP contribution >= 0.6 is 0 Å². The molecular formula is C15H22N4O2. The third-order valence-corrected chi connectivity index (χ3v) is 4.01. The molecule has 2 amide bonds. The Kier molecular flexibility index (Phi) is 3.91. The predicted molar refractivity (Wildman–Crippen MR) is 81.7 cm³/mol. The number of carbonyl (C=O) groups excluding carboxylic acids is 2. The first-order chi connectivity index (χ1) is 9.78. The Balaban J connectivity index is 2.40. The van der Waals surface area contributed by atoms with E-state index in [2.05, 4.69) is 5.43 Å².